The van der Waals surface area contributed by atoms with Gasteiger partial charge in [-0.05, 0) is 19.4 Å². The molecule has 2 N–H and O–H groups in total. The largest absolute Gasteiger partial charge is 0.378 e. The maximum atomic E-state index is 12.3. The molecule has 1 aromatic heterocycles. The Bertz CT molecular complexity index is 898. The highest BCUT2D eigenvalue weighted by Gasteiger charge is 2.14. The van der Waals surface area contributed by atoms with E-state index >= 15 is 0 Å². The Hall–Kier alpha value is -2.23. The van der Waals surface area contributed by atoms with Crippen molar-refractivity contribution in [2.75, 3.05) is 49.6 Å². The number of anilines is 2. The van der Waals surface area contributed by atoms with Gasteiger partial charge in [0.05, 0.1) is 19.0 Å². The lowest BCUT2D eigenvalue weighted by molar-refractivity contribution is 0.122. The Kier molecular flexibility index (Phi) is 6.82. The molecule has 28 heavy (non-hydrogen) atoms. The highest BCUT2D eigenvalue weighted by molar-refractivity contribution is 7.88. The number of hydrogen-bond donors (Lipinski definition) is 2. The Labute approximate surface area is 166 Å². The maximum absolute atomic E-state index is 12.3. The summed E-state index contributed by atoms with van der Waals surface area (Å²) in [6, 6.07) is 9.41. The van der Waals surface area contributed by atoms with E-state index < -0.39 is 10.0 Å². The van der Waals surface area contributed by atoms with Gasteiger partial charge < -0.3 is 15.0 Å². The fourth-order valence-corrected chi connectivity index (χ4v) is 4.20. The predicted molar refractivity (Wildman–Crippen MR) is 110 cm³/mol. The molecule has 1 aliphatic heterocycles. The quantitative estimate of drug-likeness (QED) is 0.642. The standard InChI is InChI=1S/C19H27N5O3S/c1-15-4-3-5-17(12-15)14-28(25,26)21-7-6-20-18-13-19(23-16(2)22-18)24-8-10-27-11-9-24/h3-5,12-13,21H,6-11,14H2,1-2H3,(H,20,22,23). The smallest absolute Gasteiger partial charge is 0.215 e. The van der Waals surface area contributed by atoms with Crippen LogP contribution < -0.4 is 14.9 Å². The van der Waals surface area contributed by atoms with Crippen molar-refractivity contribution in [1.29, 1.82) is 0 Å². The van der Waals surface area contributed by atoms with Crippen molar-refractivity contribution in [2.45, 2.75) is 19.6 Å². The van der Waals surface area contributed by atoms with Gasteiger partial charge >= 0.3 is 0 Å². The molecule has 8 nitrogen and oxygen atoms in total. The summed E-state index contributed by atoms with van der Waals surface area (Å²) in [7, 11) is -3.38. The molecule has 2 aromatic rings. The number of morpholine rings is 1. The van der Waals surface area contributed by atoms with E-state index in [0.717, 1.165) is 30.0 Å². The number of nitrogens with zero attached hydrogens (tertiary/aromatic N) is 3. The molecular formula is C19H27N5O3S. The van der Waals surface area contributed by atoms with Crippen LogP contribution in [0.5, 0.6) is 0 Å². The predicted octanol–water partition coefficient (Wildman–Crippen LogP) is 1.46. The van der Waals surface area contributed by atoms with Crippen molar-refractivity contribution in [2.24, 2.45) is 0 Å². The zero-order valence-corrected chi connectivity index (χ0v) is 17.1. The van der Waals surface area contributed by atoms with Crippen LogP contribution in [-0.4, -0.2) is 57.8 Å². The molecule has 0 unspecified atom stereocenters. The van der Waals surface area contributed by atoms with Gasteiger partial charge in [0, 0.05) is 32.2 Å². The van der Waals surface area contributed by atoms with Gasteiger partial charge in [-0.25, -0.2) is 23.1 Å². The lowest BCUT2D eigenvalue weighted by atomic mass is 10.2. The van der Waals surface area contributed by atoms with E-state index in [0.29, 0.717) is 31.4 Å². The number of sulfonamides is 1. The van der Waals surface area contributed by atoms with Gasteiger partial charge in [-0.2, -0.15) is 0 Å². The zero-order chi connectivity index (χ0) is 20.0. The molecule has 0 saturated carbocycles. The van der Waals surface area contributed by atoms with Crippen LogP contribution >= 0.6 is 0 Å². The van der Waals surface area contributed by atoms with Crippen LogP contribution in [0.3, 0.4) is 0 Å². The van der Waals surface area contributed by atoms with E-state index in [9.17, 15) is 8.42 Å². The van der Waals surface area contributed by atoms with E-state index in [-0.39, 0.29) is 12.3 Å². The van der Waals surface area contributed by atoms with Gasteiger partial charge in [-0.15, -0.1) is 0 Å². The van der Waals surface area contributed by atoms with E-state index in [1.54, 1.807) is 0 Å². The molecular weight excluding hydrogens is 378 g/mol. The van der Waals surface area contributed by atoms with Gasteiger partial charge in [0.25, 0.3) is 0 Å². The van der Waals surface area contributed by atoms with Crippen molar-refractivity contribution in [3.05, 3.63) is 47.3 Å². The molecule has 0 bridgehead atoms. The van der Waals surface area contributed by atoms with Gasteiger partial charge in [0.15, 0.2) is 0 Å². The van der Waals surface area contributed by atoms with E-state index in [4.69, 9.17) is 4.74 Å². The molecule has 0 aliphatic carbocycles. The minimum Gasteiger partial charge on any atom is -0.378 e. The second-order valence-electron chi connectivity index (χ2n) is 6.83. The second-order valence-corrected chi connectivity index (χ2v) is 8.63. The van der Waals surface area contributed by atoms with Crippen LogP contribution in [0.4, 0.5) is 11.6 Å². The molecule has 2 heterocycles. The maximum Gasteiger partial charge on any atom is 0.215 e. The Morgan fingerprint density at radius 2 is 1.89 bits per heavy atom. The fourth-order valence-electron chi connectivity index (χ4n) is 3.07. The van der Waals surface area contributed by atoms with Gasteiger partial charge in [0.1, 0.15) is 17.5 Å². The monoisotopic (exact) mass is 405 g/mol. The molecule has 0 atom stereocenters. The van der Waals surface area contributed by atoms with Gasteiger partial charge in [-0.3, -0.25) is 0 Å². The third-order valence-corrected chi connectivity index (χ3v) is 5.71. The molecule has 1 saturated heterocycles. The minimum atomic E-state index is -3.38. The molecule has 152 valence electrons. The van der Waals surface area contributed by atoms with Crippen LogP contribution in [0.1, 0.15) is 17.0 Å². The number of hydrogen-bond acceptors (Lipinski definition) is 7. The van der Waals surface area contributed by atoms with Crippen molar-refractivity contribution in [3.63, 3.8) is 0 Å². The lowest BCUT2D eigenvalue weighted by Gasteiger charge is -2.28. The first kappa shape index (κ1) is 20.5. The number of aromatic nitrogens is 2. The molecule has 0 amide bonds. The Morgan fingerprint density at radius 1 is 1.11 bits per heavy atom. The van der Waals surface area contributed by atoms with Crippen molar-refractivity contribution in [3.8, 4) is 0 Å². The highest BCUT2D eigenvalue weighted by Crippen LogP contribution is 2.17. The summed E-state index contributed by atoms with van der Waals surface area (Å²) in [5, 5.41) is 3.17. The molecule has 3 rings (SSSR count). The van der Waals surface area contributed by atoms with Gasteiger partial charge in [-0.1, -0.05) is 29.8 Å². The average Bonchev–Trinajstić information content (AvgIpc) is 2.65. The summed E-state index contributed by atoms with van der Waals surface area (Å²) in [5.74, 6) is 2.19. The zero-order valence-electron chi connectivity index (χ0n) is 16.3. The van der Waals surface area contributed by atoms with Crippen LogP contribution in [0.15, 0.2) is 30.3 Å². The van der Waals surface area contributed by atoms with Gasteiger partial charge in [0.2, 0.25) is 10.0 Å². The third-order valence-electron chi connectivity index (χ3n) is 4.35. The summed E-state index contributed by atoms with van der Waals surface area (Å²) in [6.07, 6.45) is 0. The highest BCUT2D eigenvalue weighted by atomic mass is 32.2. The topological polar surface area (TPSA) is 96.5 Å². The van der Waals surface area contributed by atoms with Crippen LogP contribution in [0, 0.1) is 13.8 Å². The van der Waals surface area contributed by atoms with Crippen molar-refractivity contribution in [1.82, 2.24) is 14.7 Å². The van der Waals surface area contributed by atoms with E-state index in [1.807, 2.05) is 44.2 Å². The molecule has 9 heteroatoms. The first-order valence-electron chi connectivity index (χ1n) is 9.36. The van der Waals surface area contributed by atoms with Crippen LogP contribution in [0.2, 0.25) is 0 Å². The molecule has 1 aromatic carbocycles. The lowest BCUT2D eigenvalue weighted by Crippen LogP contribution is -2.37. The Morgan fingerprint density at radius 3 is 2.64 bits per heavy atom. The summed E-state index contributed by atoms with van der Waals surface area (Å²) in [4.78, 5) is 11.0. The minimum absolute atomic E-state index is 0.0253. The first-order chi connectivity index (χ1) is 13.4. The summed E-state index contributed by atoms with van der Waals surface area (Å²) in [5.41, 5.74) is 1.83. The summed E-state index contributed by atoms with van der Waals surface area (Å²) < 4.78 is 32.5. The van der Waals surface area contributed by atoms with E-state index in [2.05, 4.69) is 24.9 Å². The van der Waals surface area contributed by atoms with Crippen LogP contribution in [0.25, 0.3) is 0 Å². The molecule has 1 aliphatic rings. The summed E-state index contributed by atoms with van der Waals surface area (Å²) in [6.45, 7) is 7.49. The molecule has 1 fully saturated rings. The number of aryl methyl sites for hydroxylation is 2. The number of rotatable bonds is 8. The average molecular weight is 406 g/mol. The van der Waals surface area contributed by atoms with Crippen molar-refractivity contribution < 1.29 is 13.2 Å². The first-order valence-corrected chi connectivity index (χ1v) is 11.0. The molecule has 0 radical (unpaired) electrons. The SMILES string of the molecule is Cc1cccc(CS(=O)(=O)NCCNc2cc(N3CCOCC3)nc(C)n2)c1. The number of ether oxygens (including phenoxy) is 1. The number of benzene rings is 1. The van der Waals surface area contributed by atoms with Crippen molar-refractivity contribution >= 4 is 21.7 Å². The number of nitrogens with one attached hydrogen (secondary N) is 2. The van der Waals surface area contributed by atoms with Crippen LogP contribution in [-0.2, 0) is 20.5 Å². The normalized spacial score (nSPS) is 14.9. The Balaban J connectivity index is 1.51. The summed E-state index contributed by atoms with van der Waals surface area (Å²) >= 11 is 0. The molecule has 0 spiro atoms. The fraction of sp³-hybridized carbons (Fsp3) is 0.474. The van der Waals surface area contributed by atoms with E-state index in [1.165, 1.54) is 0 Å². The third kappa shape index (κ3) is 6.15. The second kappa shape index (κ2) is 9.31.